The van der Waals surface area contributed by atoms with E-state index in [0.717, 1.165) is 59.3 Å². The molecule has 0 saturated heterocycles. The zero-order chi connectivity index (χ0) is 63.1. The van der Waals surface area contributed by atoms with Crippen LogP contribution in [0.5, 0.6) is 23.0 Å². The minimum absolute atomic E-state index is 0.135. The molecule has 2 aliphatic carbocycles. The summed E-state index contributed by atoms with van der Waals surface area (Å²) in [7, 11) is 4.29. The molecular formula is C77H76N4O10. The van der Waals surface area contributed by atoms with Gasteiger partial charge in [0.15, 0.2) is 11.2 Å². The van der Waals surface area contributed by atoms with Crippen molar-refractivity contribution >= 4 is 58.2 Å². The number of ether oxygens (including phenoxy) is 6. The first-order chi connectivity index (χ1) is 44.0. The Hall–Kier alpha value is -9.56. The summed E-state index contributed by atoms with van der Waals surface area (Å²) in [5.74, 6) is 1.37. The average molecular weight is 1220 g/mol. The number of aryl methyl sites for hydroxylation is 2. The van der Waals surface area contributed by atoms with E-state index in [0.29, 0.717) is 102 Å². The van der Waals surface area contributed by atoms with Crippen LogP contribution in [-0.4, -0.2) is 63.5 Å². The van der Waals surface area contributed by atoms with Gasteiger partial charge in [-0.2, -0.15) is 0 Å². The Bertz CT molecular complexity index is 3960. The van der Waals surface area contributed by atoms with Crippen LogP contribution < -0.4 is 29.1 Å². The third kappa shape index (κ3) is 9.65. The number of esters is 2. The van der Waals surface area contributed by atoms with Crippen molar-refractivity contribution < 1.29 is 47.6 Å². The van der Waals surface area contributed by atoms with Gasteiger partial charge in [-0.3, -0.25) is 0 Å². The van der Waals surface area contributed by atoms with Crippen LogP contribution in [0.25, 0.3) is 0 Å². The number of nitrogens with zero attached hydrogens (tertiary/aromatic N) is 4. The van der Waals surface area contributed by atoms with Crippen LogP contribution in [0.4, 0.5) is 43.7 Å². The van der Waals surface area contributed by atoms with E-state index >= 15 is 0 Å². The first-order valence-corrected chi connectivity index (χ1v) is 32.3. The molecule has 0 radical (unpaired) electrons. The number of hydrogen-bond acceptors (Lipinski definition) is 12. The number of rotatable bonds is 12. The fourth-order valence-corrected chi connectivity index (χ4v) is 15.2. The van der Waals surface area contributed by atoms with Gasteiger partial charge in [0.25, 0.3) is 0 Å². The Kier molecular flexibility index (Phi) is 15.0. The highest BCUT2D eigenvalue weighted by molar-refractivity contribution is 6.01. The van der Waals surface area contributed by atoms with Crippen LogP contribution in [0.15, 0.2) is 158 Å². The Morgan fingerprint density at radius 1 is 0.462 bits per heavy atom. The van der Waals surface area contributed by atoms with Crippen molar-refractivity contribution in [1.82, 2.24) is 0 Å². The highest BCUT2D eigenvalue weighted by Crippen LogP contribution is 2.60. The molecule has 2 atom stereocenters. The molecule has 8 aromatic rings. The summed E-state index contributed by atoms with van der Waals surface area (Å²) in [4.78, 5) is 64.9. The molecular weight excluding hydrogens is 1140 g/mol. The topological polar surface area (TPSA) is 137 Å². The smallest absolute Gasteiger partial charge is 0.418 e. The Morgan fingerprint density at radius 2 is 0.824 bits per heavy atom. The zero-order valence-electron chi connectivity index (χ0n) is 53.0. The van der Waals surface area contributed by atoms with Gasteiger partial charge in [-0.05, 0) is 161 Å². The minimum Gasteiger partial charge on any atom is -0.456 e. The summed E-state index contributed by atoms with van der Waals surface area (Å²) in [5, 5.41) is 0. The maximum Gasteiger partial charge on any atom is 0.418 e. The third-order valence-corrected chi connectivity index (χ3v) is 20.2. The van der Waals surface area contributed by atoms with E-state index in [1.54, 1.807) is 35.8 Å². The van der Waals surface area contributed by atoms with Crippen LogP contribution in [0.1, 0.15) is 168 Å². The van der Waals surface area contributed by atoms with Gasteiger partial charge < -0.3 is 38.2 Å². The fraction of sp³-hybridized carbons (Fsp3) is 0.325. The summed E-state index contributed by atoms with van der Waals surface area (Å²) >= 11 is 0. The summed E-state index contributed by atoms with van der Waals surface area (Å²) in [6, 6.07) is 51.6. The summed E-state index contributed by atoms with van der Waals surface area (Å²) < 4.78 is 38.7. The molecule has 2 spiro atoms. The maximum atomic E-state index is 14.5. The second kappa shape index (κ2) is 23.0. The number of hydrogen-bond donors (Lipinski definition) is 0. The molecule has 2 unspecified atom stereocenters. The van der Waals surface area contributed by atoms with Crippen molar-refractivity contribution in [1.29, 1.82) is 0 Å². The van der Waals surface area contributed by atoms with E-state index in [-0.39, 0.29) is 13.2 Å². The highest BCUT2D eigenvalue weighted by atomic mass is 16.6. The Balaban J connectivity index is 0.789. The number of carbonyl (C=O) groups is 4. The largest absolute Gasteiger partial charge is 0.456 e. The number of carbonyl (C=O) groups excluding carboxylic acids is 4. The molecule has 0 aromatic heterocycles. The predicted molar refractivity (Wildman–Crippen MR) is 353 cm³/mol. The van der Waals surface area contributed by atoms with Crippen LogP contribution >= 0.6 is 0 Å². The van der Waals surface area contributed by atoms with Gasteiger partial charge in [0.05, 0.1) is 47.1 Å². The molecule has 14 nitrogen and oxygen atoms in total. The lowest BCUT2D eigenvalue weighted by atomic mass is 9.77. The third-order valence-electron chi connectivity index (χ3n) is 20.2. The van der Waals surface area contributed by atoms with E-state index in [1.165, 1.54) is 38.5 Å². The van der Waals surface area contributed by atoms with Crippen molar-refractivity contribution in [3.05, 3.63) is 224 Å². The number of fused-ring (bicyclic) bond motifs is 12. The molecule has 2 saturated carbocycles. The van der Waals surface area contributed by atoms with Crippen molar-refractivity contribution in [2.45, 2.75) is 134 Å². The molecule has 4 heterocycles. The van der Waals surface area contributed by atoms with Crippen LogP contribution in [0.2, 0.25) is 0 Å². The lowest BCUT2D eigenvalue weighted by Gasteiger charge is -2.39. The lowest BCUT2D eigenvalue weighted by molar-refractivity contribution is 0.0214. The van der Waals surface area contributed by atoms with Gasteiger partial charge in [-0.25, -0.2) is 29.0 Å². The van der Waals surface area contributed by atoms with Gasteiger partial charge >= 0.3 is 24.1 Å². The standard InChI is InChI=1S/C77H76N4O10/c1-9-86-73(84)80(65-45-63-67(41-47(65)3)88-69-43-55(78(7)51-21-13-11-14-22-51)37-39-61(69)76(63)59-27-19-17-25-57(59)71(82)90-76)53-33-29-49(30-34-53)75(5,6)50-31-35-54(36-32-50)81(74(85)87-10-2)66-46-64-68(42-48(66)4)89-70-44-56(79(8)52-23-15-12-16-24-52)38-40-62(70)77(64)60-28-20-18-26-58(60)72(83)91-77/h17-20,25-46,51-52H,9-16,21-24H2,1-8H3. The normalized spacial score (nSPS) is 18.7. The van der Waals surface area contributed by atoms with Gasteiger partial charge in [0.1, 0.15) is 23.0 Å². The molecule has 91 heavy (non-hydrogen) atoms. The first-order valence-electron chi connectivity index (χ1n) is 32.3. The molecule has 4 aliphatic heterocycles. The minimum atomic E-state index is -1.38. The van der Waals surface area contributed by atoms with E-state index in [1.807, 2.05) is 135 Å². The van der Waals surface area contributed by atoms with Crippen molar-refractivity contribution in [2.24, 2.45) is 0 Å². The van der Waals surface area contributed by atoms with Crippen LogP contribution in [0.3, 0.4) is 0 Å². The second-order valence-electron chi connectivity index (χ2n) is 25.7. The molecule has 0 N–H and O–H groups in total. The number of benzene rings is 8. The van der Waals surface area contributed by atoms with E-state index in [2.05, 4.69) is 62.0 Å². The monoisotopic (exact) mass is 1220 g/mol. The predicted octanol–water partition coefficient (Wildman–Crippen LogP) is 17.9. The quantitative estimate of drug-likeness (QED) is 0.0850. The number of anilines is 6. The van der Waals surface area contributed by atoms with Crippen molar-refractivity contribution in [2.75, 3.05) is 46.9 Å². The first kappa shape index (κ1) is 59.1. The summed E-state index contributed by atoms with van der Waals surface area (Å²) in [5.41, 5.74) is 9.20. The molecule has 464 valence electrons. The molecule has 2 fully saturated rings. The zero-order valence-corrected chi connectivity index (χ0v) is 53.0. The van der Waals surface area contributed by atoms with Crippen LogP contribution in [0, 0.1) is 13.8 Å². The lowest BCUT2D eigenvalue weighted by Crippen LogP contribution is -2.35. The molecule has 14 heteroatoms. The second-order valence-corrected chi connectivity index (χ2v) is 25.7. The van der Waals surface area contributed by atoms with E-state index < -0.39 is 40.7 Å². The molecule has 8 aromatic carbocycles. The summed E-state index contributed by atoms with van der Waals surface area (Å²) in [6.07, 6.45) is 10.7. The van der Waals surface area contributed by atoms with E-state index in [9.17, 15) is 19.2 Å². The van der Waals surface area contributed by atoms with Crippen LogP contribution in [-0.2, 0) is 35.6 Å². The van der Waals surface area contributed by atoms with E-state index in [4.69, 9.17) is 28.4 Å². The van der Waals surface area contributed by atoms with Gasteiger partial charge in [-0.1, -0.05) is 113 Å². The molecule has 2 amide bonds. The average Bonchev–Trinajstić information content (AvgIpc) is 1.65. The van der Waals surface area contributed by atoms with Gasteiger partial charge in [0.2, 0.25) is 0 Å². The van der Waals surface area contributed by atoms with Gasteiger partial charge in [0, 0.05) is 88.5 Å². The summed E-state index contributed by atoms with van der Waals surface area (Å²) in [6.45, 7) is 12.0. The fourth-order valence-electron chi connectivity index (χ4n) is 15.2. The number of amides is 2. The maximum absolute atomic E-state index is 14.5. The Labute approximate surface area is 532 Å². The molecule has 0 bridgehead atoms. The SMILES string of the molecule is CCOC(=O)N(c1ccc(C(C)(C)c2ccc(N(C(=O)OCC)c3cc4c(cc3C)Oc3cc(N(C)C5CCCCC5)ccc3C43OC(=O)c4ccccc43)cc2)cc1)c1cc2c(cc1C)Oc1cc(N(C)C3CCCCC3)ccc1C21OC(=O)c2ccccc21. The Morgan fingerprint density at radius 3 is 1.21 bits per heavy atom. The molecule has 14 rings (SSSR count). The van der Waals surface area contributed by atoms with Gasteiger partial charge in [-0.15, -0.1) is 0 Å². The molecule has 6 aliphatic rings. The van der Waals surface area contributed by atoms with Crippen molar-refractivity contribution in [3.8, 4) is 23.0 Å². The highest BCUT2D eigenvalue weighted by Gasteiger charge is 2.56. The van der Waals surface area contributed by atoms with Crippen molar-refractivity contribution in [3.63, 3.8) is 0 Å².